The van der Waals surface area contributed by atoms with E-state index in [4.69, 9.17) is 4.74 Å². The van der Waals surface area contributed by atoms with Crippen molar-refractivity contribution in [3.05, 3.63) is 42.5 Å². The highest BCUT2D eigenvalue weighted by molar-refractivity contribution is 5.89. The average molecular weight is 298 g/mol. The maximum Gasteiger partial charge on any atom is 0.277 e. The molecular weight excluding hydrogens is 276 g/mol. The lowest BCUT2D eigenvalue weighted by Gasteiger charge is -2.08. The van der Waals surface area contributed by atoms with E-state index in [1.807, 2.05) is 49.4 Å². The van der Waals surface area contributed by atoms with Crippen molar-refractivity contribution in [2.45, 2.75) is 33.1 Å². The van der Waals surface area contributed by atoms with Crippen LogP contribution in [0.4, 0.5) is 0 Å². The Bertz CT molecular complexity index is 660. The van der Waals surface area contributed by atoms with Gasteiger partial charge < -0.3 is 4.74 Å². The first-order valence-corrected chi connectivity index (χ1v) is 7.63. The lowest BCUT2D eigenvalue weighted by Crippen LogP contribution is -2.25. The Morgan fingerprint density at radius 2 is 1.95 bits per heavy atom. The van der Waals surface area contributed by atoms with Crippen molar-refractivity contribution >= 4 is 22.4 Å². The third-order valence-corrected chi connectivity index (χ3v) is 3.37. The summed E-state index contributed by atoms with van der Waals surface area (Å²) in [5, 5.41) is 6.17. The van der Waals surface area contributed by atoms with Gasteiger partial charge in [-0.2, -0.15) is 5.10 Å². The molecule has 0 radical (unpaired) electrons. The van der Waals surface area contributed by atoms with Gasteiger partial charge in [0.2, 0.25) is 0 Å². The Hall–Kier alpha value is -2.36. The number of nitrogens with one attached hydrogen (secondary N) is 1. The smallest absolute Gasteiger partial charge is 0.277 e. The predicted octanol–water partition coefficient (Wildman–Crippen LogP) is 3.90. The van der Waals surface area contributed by atoms with Crippen LogP contribution < -0.4 is 10.2 Å². The average Bonchev–Trinajstić information content (AvgIpc) is 2.56. The molecule has 1 N–H and O–H groups in total. The summed E-state index contributed by atoms with van der Waals surface area (Å²) in [6.45, 7) is 4.00. The second-order valence-electron chi connectivity index (χ2n) is 5.25. The van der Waals surface area contributed by atoms with E-state index in [1.54, 1.807) is 0 Å². The van der Waals surface area contributed by atoms with Crippen molar-refractivity contribution in [3.63, 3.8) is 0 Å². The zero-order valence-electron chi connectivity index (χ0n) is 13.1. The number of amides is 1. The van der Waals surface area contributed by atoms with Gasteiger partial charge in [-0.3, -0.25) is 4.79 Å². The Labute approximate surface area is 131 Å². The molecule has 0 fully saturated rings. The molecule has 4 heteroatoms. The number of benzene rings is 2. The molecule has 0 bridgehead atoms. The molecule has 4 nitrogen and oxygen atoms in total. The highest BCUT2D eigenvalue weighted by Gasteiger charge is 2.05. The van der Waals surface area contributed by atoms with Crippen LogP contribution in [0.15, 0.2) is 47.6 Å². The molecule has 116 valence electrons. The van der Waals surface area contributed by atoms with Gasteiger partial charge in [0.25, 0.3) is 5.91 Å². The summed E-state index contributed by atoms with van der Waals surface area (Å²) < 4.78 is 5.61. The van der Waals surface area contributed by atoms with E-state index in [9.17, 15) is 4.79 Å². The number of fused-ring (bicyclic) bond motifs is 1. The first-order valence-electron chi connectivity index (χ1n) is 7.63. The van der Waals surface area contributed by atoms with Gasteiger partial charge in [0.05, 0.1) is 0 Å². The number of hydrazone groups is 1. The molecular formula is C18H22N2O2. The highest BCUT2D eigenvalue weighted by Crippen LogP contribution is 2.24. The number of carbonyl (C=O) groups is 1. The maximum atomic E-state index is 11.8. The van der Waals surface area contributed by atoms with Gasteiger partial charge in [0.15, 0.2) is 6.61 Å². The summed E-state index contributed by atoms with van der Waals surface area (Å²) in [4.78, 5) is 11.8. The first kappa shape index (κ1) is 16.0. The van der Waals surface area contributed by atoms with E-state index < -0.39 is 0 Å². The summed E-state index contributed by atoms with van der Waals surface area (Å²) in [6.07, 6.45) is 3.10. The van der Waals surface area contributed by atoms with E-state index in [1.165, 1.54) is 0 Å². The van der Waals surface area contributed by atoms with Crippen molar-refractivity contribution in [1.29, 1.82) is 0 Å². The second kappa shape index (κ2) is 8.17. The van der Waals surface area contributed by atoms with Gasteiger partial charge in [0, 0.05) is 11.1 Å². The van der Waals surface area contributed by atoms with Crippen molar-refractivity contribution in [3.8, 4) is 5.75 Å². The monoisotopic (exact) mass is 298 g/mol. The number of unbranched alkanes of at least 4 members (excludes halogenated alkanes) is 1. The molecule has 0 aliphatic carbocycles. The number of nitrogens with zero attached hydrogens (tertiary/aromatic N) is 1. The van der Waals surface area contributed by atoms with Crippen LogP contribution in [0, 0.1) is 0 Å². The summed E-state index contributed by atoms with van der Waals surface area (Å²) in [5.74, 6) is 0.462. The number of ether oxygens (including phenoxy) is 1. The SMILES string of the molecule is CCCCC(C)=NNC(=O)COc1cccc2ccccc12. The molecule has 2 aromatic rings. The van der Waals surface area contributed by atoms with Crippen LogP contribution in [0.25, 0.3) is 10.8 Å². The van der Waals surface area contributed by atoms with Crippen LogP contribution in [0.5, 0.6) is 5.75 Å². The zero-order chi connectivity index (χ0) is 15.8. The predicted molar refractivity (Wildman–Crippen MR) is 90.2 cm³/mol. The molecule has 1 amide bonds. The molecule has 0 aliphatic heterocycles. The topological polar surface area (TPSA) is 50.7 Å². The molecule has 0 aromatic heterocycles. The van der Waals surface area contributed by atoms with Crippen molar-refractivity contribution in [2.24, 2.45) is 5.10 Å². The van der Waals surface area contributed by atoms with Gasteiger partial charge in [-0.05, 0) is 31.2 Å². The molecule has 0 spiro atoms. The fourth-order valence-electron chi connectivity index (χ4n) is 2.14. The molecule has 0 aliphatic rings. The van der Waals surface area contributed by atoms with Gasteiger partial charge in [-0.1, -0.05) is 49.7 Å². The summed E-state index contributed by atoms with van der Waals surface area (Å²) in [5.41, 5.74) is 3.46. The lowest BCUT2D eigenvalue weighted by molar-refractivity contribution is -0.123. The van der Waals surface area contributed by atoms with Gasteiger partial charge >= 0.3 is 0 Å². The third kappa shape index (κ3) is 4.58. The van der Waals surface area contributed by atoms with Crippen LogP contribution in [0.1, 0.15) is 33.1 Å². The minimum absolute atomic E-state index is 0.0431. The Morgan fingerprint density at radius 3 is 2.77 bits per heavy atom. The standard InChI is InChI=1S/C18H22N2O2/c1-3-4-8-14(2)19-20-18(21)13-22-17-12-7-10-15-9-5-6-11-16(15)17/h5-7,9-12H,3-4,8,13H2,1-2H3,(H,20,21). The molecule has 0 unspecified atom stereocenters. The minimum atomic E-state index is -0.246. The number of carbonyl (C=O) groups excluding carboxylic acids is 1. The Balaban J connectivity index is 1.90. The fraction of sp³-hybridized carbons (Fsp3) is 0.333. The summed E-state index contributed by atoms with van der Waals surface area (Å²) >= 11 is 0. The maximum absolute atomic E-state index is 11.8. The highest BCUT2D eigenvalue weighted by atomic mass is 16.5. The third-order valence-electron chi connectivity index (χ3n) is 3.37. The van der Waals surface area contributed by atoms with Crippen LogP contribution in [-0.4, -0.2) is 18.2 Å². The molecule has 2 rings (SSSR count). The van der Waals surface area contributed by atoms with Gasteiger partial charge in [-0.15, -0.1) is 0 Å². The molecule has 0 saturated carbocycles. The first-order chi connectivity index (χ1) is 10.7. The summed E-state index contributed by atoms with van der Waals surface area (Å²) in [6, 6.07) is 13.7. The van der Waals surface area contributed by atoms with Gasteiger partial charge in [0.1, 0.15) is 5.75 Å². The van der Waals surface area contributed by atoms with Crippen LogP contribution in [0.3, 0.4) is 0 Å². The normalized spacial score (nSPS) is 11.5. The number of hydrogen-bond acceptors (Lipinski definition) is 3. The van der Waals surface area contributed by atoms with Gasteiger partial charge in [-0.25, -0.2) is 5.43 Å². The zero-order valence-corrected chi connectivity index (χ0v) is 13.1. The van der Waals surface area contributed by atoms with Crippen molar-refractivity contribution in [2.75, 3.05) is 6.61 Å². The van der Waals surface area contributed by atoms with Crippen LogP contribution in [0.2, 0.25) is 0 Å². The van der Waals surface area contributed by atoms with Crippen LogP contribution in [-0.2, 0) is 4.79 Å². The quantitative estimate of drug-likeness (QED) is 0.622. The summed E-state index contributed by atoms with van der Waals surface area (Å²) in [7, 11) is 0. The van der Waals surface area contributed by atoms with E-state index >= 15 is 0 Å². The van der Waals surface area contributed by atoms with E-state index in [0.29, 0.717) is 5.75 Å². The number of rotatable bonds is 7. The van der Waals surface area contributed by atoms with E-state index in [2.05, 4.69) is 17.5 Å². The molecule has 0 atom stereocenters. The molecule has 0 saturated heterocycles. The Morgan fingerprint density at radius 1 is 1.18 bits per heavy atom. The second-order valence-corrected chi connectivity index (χ2v) is 5.25. The molecule has 22 heavy (non-hydrogen) atoms. The Kier molecular flexibility index (Phi) is 5.95. The van der Waals surface area contributed by atoms with E-state index in [-0.39, 0.29) is 12.5 Å². The number of hydrogen-bond donors (Lipinski definition) is 1. The van der Waals surface area contributed by atoms with Crippen molar-refractivity contribution in [1.82, 2.24) is 5.43 Å². The van der Waals surface area contributed by atoms with E-state index in [0.717, 1.165) is 35.7 Å². The molecule has 0 heterocycles. The van der Waals surface area contributed by atoms with Crippen molar-refractivity contribution < 1.29 is 9.53 Å². The fourth-order valence-corrected chi connectivity index (χ4v) is 2.14. The minimum Gasteiger partial charge on any atom is -0.483 e. The molecule has 2 aromatic carbocycles. The largest absolute Gasteiger partial charge is 0.483 e. The van der Waals surface area contributed by atoms with Crippen LogP contribution >= 0.6 is 0 Å². The lowest BCUT2D eigenvalue weighted by atomic mass is 10.1.